The molecule has 0 aromatic heterocycles. The summed E-state index contributed by atoms with van der Waals surface area (Å²) in [5.74, 6) is 0.585. The molecule has 2 rings (SSSR count). The van der Waals surface area contributed by atoms with E-state index in [1.807, 2.05) is 18.2 Å². The molecule has 100 valence electrons. The molecule has 0 bridgehead atoms. The Bertz CT molecular complexity index is 592. The minimum atomic E-state index is -0.220. The summed E-state index contributed by atoms with van der Waals surface area (Å²) in [6.07, 6.45) is 0. The summed E-state index contributed by atoms with van der Waals surface area (Å²) in [6.45, 7) is 0.671. The third-order valence-electron chi connectivity index (χ3n) is 2.63. The first kappa shape index (κ1) is 14.6. The smallest absolute Gasteiger partial charge is 0.133 e. The van der Waals surface area contributed by atoms with E-state index in [9.17, 15) is 4.39 Å². The summed E-state index contributed by atoms with van der Waals surface area (Å²) >= 11 is 5.57. The van der Waals surface area contributed by atoms with Crippen LogP contribution in [0.25, 0.3) is 0 Å². The third kappa shape index (κ3) is 3.82. The maximum atomic E-state index is 13.0. The van der Waals surface area contributed by atoms with Crippen LogP contribution in [0.15, 0.2) is 40.9 Å². The van der Waals surface area contributed by atoms with Crippen molar-refractivity contribution in [1.29, 1.82) is 0 Å². The summed E-state index contributed by atoms with van der Waals surface area (Å²) in [7, 11) is 1.64. The van der Waals surface area contributed by atoms with Gasteiger partial charge in [-0.1, -0.05) is 6.07 Å². The molecule has 0 aliphatic heterocycles. The molecule has 0 aliphatic carbocycles. The Labute approximate surface area is 133 Å². The van der Waals surface area contributed by atoms with E-state index >= 15 is 0 Å². The minimum Gasteiger partial charge on any atom is -0.496 e. The predicted octanol–water partition coefficient (Wildman–Crippen LogP) is 4.81. The van der Waals surface area contributed by atoms with Gasteiger partial charge in [-0.05, 0) is 74.4 Å². The van der Waals surface area contributed by atoms with Crippen LogP contribution >= 0.6 is 38.5 Å². The fourth-order valence-electron chi connectivity index (χ4n) is 1.65. The molecule has 19 heavy (non-hydrogen) atoms. The molecule has 0 amide bonds. The zero-order valence-corrected chi connectivity index (χ0v) is 14.0. The Kier molecular flexibility index (Phi) is 5.04. The number of nitrogens with one attached hydrogen (secondary N) is 1. The second kappa shape index (κ2) is 6.56. The molecule has 0 saturated carbocycles. The molecular weight excluding hydrogens is 424 g/mol. The molecule has 0 aliphatic rings. The maximum absolute atomic E-state index is 13.0. The number of anilines is 1. The van der Waals surface area contributed by atoms with Crippen LogP contribution in [0, 0.1) is 9.39 Å². The van der Waals surface area contributed by atoms with Gasteiger partial charge in [0, 0.05) is 15.8 Å². The topological polar surface area (TPSA) is 21.3 Å². The third-order valence-corrected chi connectivity index (χ3v) is 4.14. The Morgan fingerprint density at radius 3 is 2.68 bits per heavy atom. The second-order valence-corrected chi connectivity index (χ2v) is 5.96. The molecule has 5 heteroatoms. The average Bonchev–Trinajstić information content (AvgIpc) is 2.38. The van der Waals surface area contributed by atoms with E-state index in [4.69, 9.17) is 4.74 Å². The van der Waals surface area contributed by atoms with Gasteiger partial charge in [0.05, 0.1) is 11.6 Å². The molecule has 0 unspecified atom stereocenters. The van der Waals surface area contributed by atoms with Crippen molar-refractivity contribution in [2.45, 2.75) is 6.54 Å². The van der Waals surface area contributed by atoms with Crippen molar-refractivity contribution in [2.75, 3.05) is 12.4 Å². The standard InChI is InChI=1S/C14H12BrFINO/c1-19-14-5-2-9(6-11(14)15)8-18-13-4-3-10(16)7-12(13)17/h2-7,18H,8H2,1H3. The van der Waals surface area contributed by atoms with E-state index in [1.54, 1.807) is 13.2 Å². The van der Waals surface area contributed by atoms with Gasteiger partial charge in [-0.3, -0.25) is 0 Å². The Morgan fingerprint density at radius 1 is 1.26 bits per heavy atom. The van der Waals surface area contributed by atoms with Crippen molar-refractivity contribution in [3.05, 3.63) is 55.8 Å². The van der Waals surface area contributed by atoms with Gasteiger partial charge in [0.15, 0.2) is 0 Å². The molecule has 0 saturated heterocycles. The van der Waals surface area contributed by atoms with Crippen LogP contribution in [-0.4, -0.2) is 7.11 Å². The summed E-state index contributed by atoms with van der Waals surface area (Å²) in [6, 6.07) is 10.6. The van der Waals surface area contributed by atoms with Gasteiger partial charge in [-0.2, -0.15) is 0 Å². The van der Waals surface area contributed by atoms with Crippen LogP contribution < -0.4 is 10.1 Å². The van der Waals surface area contributed by atoms with Gasteiger partial charge in [0.25, 0.3) is 0 Å². The minimum absolute atomic E-state index is 0.220. The lowest BCUT2D eigenvalue weighted by Gasteiger charge is -2.10. The SMILES string of the molecule is COc1ccc(CNc2ccc(F)cc2I)cc1Br. The van der Waals surface area contributed by atoms with Gasteiger partial charge in [0.1, 0.15) is 11.6 Å². The fraction of sp³-hybridized carbons (Fsp3) is 0.143. The number of hydrogen-bond acceptors (Lipinski definition) is 2. The Hall–Kier alpha value is -0.820. The number of methoxy groups -OCH3 is 1. The second-order valence-electron chi connectivity index (χ2n) is 3.95. The molecule has 0 fully saturated rings. The lowest BCUT2D eigenvalue weighted by molar-refractivity contribution is 0.412. The van der Waals surface area contributed by atoms with E-state index in [0.717, 1.165) is 25.0 Å². The Balaban J connectivity index is 2.08. The van der Waals surface area contributed by atoms with E-state index in [-0.39, 0.29) is 5.82 Å². The van der Waals surface area contributed by atoms with Crippen LogP contribution in [0.5, 0.6) is 5.75 Å². The maximum Gasteiger partial charge on any atom is 0.133 e. The number of halogens is 3. The van der Waals surface area contributed by atoms with Crippen LogP contribution in [0.3, 0.4) is 0 Å². The van der Waals surface area contributed by atoms with Gasteiger partial charge >= 0.3 is 0 Å². The highest BCUT2D eigenvalue weighted by atomic mass is 127. The molecule has 0 spiro atoms. The van der Waals surface area contributed by atoms with Gasteiger partial charge in [-0.15, -0.1) is 0 Å². The molecule has 2 aromatic carbocycles. The van der Waals surface area contributed by atoms with Crippen molar-refractivity contribution >= 4 is 44.2 Å². The van der Waals surface area contributed by atoms with Crippen molar-refractivity contribution in [1.82, 2.24) is 0 Å². The van der Waals surface area contributed by atoms with Gasteiger partial charge in [-0.25, -0.2) is 4.39 Å². The lowest BCUT2D eigenvalue weighted by atomic mass is 10.2. The van der Waals surface area contributed by atoms with Crippen molar-refractivity contribution in [3.8, 4) is 5.75 Å². The van der Waals surface area contributed by atoms with Gasteiger partial charge < -0.3 is 10.1 Å². The first-order valence-corrected chi connectivity index (χ1v) is 7.48. The van der Waals surface area contributed by atoms with Crippen LogP contribution in [0.2, 0.25) is 0 Å². The molecule has 0 heterocycles. The quantitative estimate of drug-likeness (QED) is 0.695. The lowest BCUT2D eigenvalue weighted by Crippen LogP contribution is -2.01. The van der Waals surface area contributed by atoms with Crippen molar-refractivity contribution in [3.63, 3.8) is 0 Å². The zero-order valence-electron chi connectivity index (χ0n) is 10.2. The van der Waals surface area contributed by atoms with Crippen LogP contribution in [-0.2, 0) is 6.54 Å². The summed E-state index contributed by atoms with van der Waals surface area (Å²) < 4.78 is 20.0. The van der Waals surface area contributed by atoms with Crippen molar-refractivity contribution in [2.24, 2.45) is 0 Å². The van der Waals surface area contributed by atoms with E-state index < -0.39 is 0 Å². The summed E-state index contributed by atoms with van der Waals surface area (Å²) in [4.78, 5) is 0. The largest absolute Gasteiger partial charge is 0.496 e. The molecule has 2 aromatic rings. The van der Waals surface area contributed by atoms with E-state index in [1.165, 1.54) is 12.1 Å². The highest BCUT2D eigenvalue weighted by Crippen LogP contribution is 2.26. The molecule has 0 radical (unpaired) electrons. The highest BCUT2D eigenvalue weighted by Gasteiger charge is 2.03. The summed E-state index contributed by atoms with van der Waals surface area (Å²) in [5, 5.41) is 3.29. The monoisotopic (exact) mass is 435 g/mol. The van der Waals surface area contributed by atoms with Crippen LogP contribution in [0.1, 0.15) is 5.56 Å². The zero-order chi connectivity index (χ0) is 13.8. The number of benzene rings is 2. The number of hydrogen-bond donors (Lipinski definition) is 1. The molecular formula is C14H12BrFINO. The number of rotatable bonds is 4. The Morgan fingerprint density at radius 2 is 2.05 bits per heavy atom. The molecule has 1 N–H and O–H groups in total. The first-order valence-electron chi connectivity index (χ1n) is 5.61. The first-order chi connectivity index (χ1) is 9.10. The van der Waals surface area contributed by atoms with E-state index in [0.29, 0.717) is 6.54 Å². The van der Waals surface area contributed by atoms with E-state index in [2.05, 4.69) is 43.8 Å². The predicted molar refractivity (Wildman–Crippen MR) is 87.1 cm³/mol. The fourth-order valence-corrected chi connectivity index (χ4v) is 2.91. The summed E-state index contributed by atoms with van der Waals surface area (Å²) in [5.41, 5.74) is 2.04. The van der Waals surface area contributed by atoms with Crippen molar-refractivity contribution < 1.29 is 9.13 Å². The van der Waals surface area contributed by atoms with Crippen LogP contribution in [0.4, 0.5) is 10.1 Å². The normalized spacial score (nSPS) is 10.3. The average molecular weight is 436 g/mol. The highest BCUT2D eigenvalue weighted by molar-refractivity contribution is 14.1. The molecule has 0 atom stereocenters. The molecule has 2 nitrogen and oxygen atoms in total. The number of ether oxygens (including phenoxy) is 1. The van der Waals surface area contributed by atoms with Gasteiger partial charge in [0.2, 0.25) is 0 Å².